The summed E-state index contributed by atoms with van der Waals surface area (Å²) in [6, 6.07) is 5.28. The van der Waals surface area contributed by atoms with E-state index in [4.69, 9.17) is 18.9 Å². The lowest BCUT2D eigenvalue weighted by Gasteiger charge is -2.21. The number of allylic oxidation sites excluding steroid dienone is 1. The van der Waals surface area contributed by atoms with Crippen LogP contribution in [0.15, 0.2) is 35.0 Å². The van der Waals surface area contributed by atoms with Crippen LogP contribution in [0.4, 0.5) is 0 Å². The maximum absolute atomic E-state index is 13.2. The van der Waals surface area contributed by atoms with Crippen molar-refractivity contribution in [3.05, 3.63) is 40.6 Å². The predicted molar refractivity (Wildman–Crippen MR) is 103 cm³/mol. The number of esters is 1. The zero-order valence-corrected chi connectivity index (χ0v) is 16.6. The lowest BCUT2D eigenvalue weighted by molar-refractivity contribution is -0.136. The summed E-state index contributed by atoms with van der Waals surface area (Å²) in [4.78, 5) is 27.2. The first-order valence-electron chi connectivity index (χ1n) is 9.17. The molecule has 0 spiro atoms. The average Bonchev–Trinajstić information content (AvgIpc) is 3.30. The van der Waals surface area contributed by atoms with Gasteiger partial charge in [-0.3, -0.25) is 4.79 Å². The Morgan fingerprint density at radius 3 is 2.68 bits per heavy atom. The molecule has 150 valence electrons. The lowest BCUT2D eigenvalue weighted by Crippen LogP contribution is -2.33. The molecule has 1 atom stereocenters. The van der Waals surface area contributed by atoms with Gasteiger partial charge in [0.25, 0.3) is 5.91 Å². The third kappa shape index (κ3) is 3.75. The Bertz CT molecular complexity index is 835. The molecule has 1 aromatic rings. The molecule has 2 aliphatic rings. The monoisotopic (exact) mass is 387 g/mol. The van der Waals surface area contributed by atoms with Gasteiger partial charge in [0.2, 0.25) is 0 Å². The van der Waals surface area contributed by atoms with Gasteiger partial charge in [-0.2, -0.15) is 0 Å². The molecule has 0 unspecified atom stereocenters. The third-order valence-electron chi connectivity index (χ3n) is 5.05. The fraction of sp³-hybridized carbons (Fsp3) is 0.429. The van der Waals surface area contributed by atoms with Crippen LogP contribution in [0, 0.1) is 0 Å². The standard InChI is InChI=1S/C21H25NO6/c1-13-19(21(24)27-4)17(20(23)22(13)12-16-6-5-9-28-16)11-14-10-15(25-2)7-8-18(14)26-3/h7-8,10-11,16H,5-6,9,12H2,1-4H3/b17-11-/t16-/m0/s1. The molecule has 28 heavy (non-hydrogen) atoms. The van der Waals surface area contributed by atoms with Gasteiger partial charge in [0.05, 0.1) is 45.1 Å². The second kappa shape index (κ2) is 8.48. The van der Waals surface area contributed by atoms with Crippen molar-refractivity contribution in [3.8, 4) is 11.5 Å². The van der Waals surface area contributed by atoms with Crippen LogP contribution in [0.1, 0.15) is 25.3 Å². The van der Waals surface area contributed by atoms with Crippen molar-refractivity contribution >= 4 is 18.0 Å². The molecule has 0 aromatic heterocycles. The molecule has 0 saturated carbocycles. The number of amides is 1. The van der Waals surface area contributed by atoms with Crippen LogP contribution in [-0.2, 0) is 19.1 Å². The Hall–Kier alpha value is -2.80. The maximum Gasteiger partial charge on any atom is 0.340 e. The van der Waals surface area contributed by atoms with Gasteiger partial charge in [0.15, 0.2) is 0 Å². The SMILES string of the molecule is COC(=O)C1=C(C)N(C[C@@H]2CCCO2)C(=O)/C1=C\c1cc(OC)ccc1OC. The Kier molecular flexibility index (Phi) is 6.04. The van der Waals surface area contributed by atoms with E-state index < -0.39 is 5.97 Å². The summed E-state index contributed by atoms with van der Waals surface area (Å²) in [6.07, 6.45) is 3.49. The summed E-state index contributed by atoms with van der Waals surface area (Å²) in [5.41, 5.74) is 1.74. The van der Waals surface area contributed by atoms with Gasteiger partial charge in [0.1, 0.15) is 11.5 Å². The number of rotatable bonds is 6. The van der Waals surface area contributed by atoms with Crippen LogP contribution in [0.5, 0.6) is 11.5 Å². The first kappa shape index (κ1) is 19.9. The van der Waals surface area contributed by atoms with Gasteiger partial charge < -0.3 is 23.8 Å². The van der Waals surface area contributed by atoms with Gasteiger partial charge in [-0.1, -0.05) is 0 Å². The molecule has 1 amide bonds. The third-order valence-corrected chi connectivity index (χ3v) is 5.05. The fourth-order valence-electron chi connectivity index (χ4n) is 3.55. The first-order valence-corrected chi connectivity index (χ1v) is 9.17. The van der Waals surface area contributed by atoms with Crippen LogP contribution in [0.25, 0.3) is 6.08 Å². The molecule has 2 aliphatic heterocycles. The van der Waals surface area contributed by atoms with Crippen LogP contribution in [0.2, 0.25) is 0 Å². The highest BCUT2D eigenvalue weighted by atomic mass is 16.5. The molecular weight excluding hydrogens is 362 g/mol. The van der Waals surface area contributed by atoms with E-state index >= 15 is 0 Å². The van der Waals surface area contributed by atoms with Gasteiger partial charge in [-0.15, -0.1) is 0 Å². The van der Waals surface area contributed by atoms with Crippen molar-refractivity contribution in [2.24, 2.45) is 0 Å². The molecule has 1 saturated heterocycles. The van der Waals surface area contributed by atoms with Gasteiger partial charge in [-0.25, -0.2) is 4.79 Å². The maximum atomic E-state index is 13.2. The van der Waals surface area contributed by atoms with E-state index in [1.807, 2.05) is 0 Å². The highest BCUT2D eigenvalue weighted by molar-refractivity contribution is 6.16. The highest BCUT2D eigenvalue weighted by Gasteiger charge is 2.38. The van der Waals surface area contributed by atoms with E-state index in [1.165, 1.54) is 7.11 Å². The quantitative estimate of drug-likeness (QED) is 0.552. The van der Waals surface area contributed by atoms with Gasteiger partial charge in [0, 0.05) is 17.9 Å². The van der Waals surface area contributed by atoms with Crippen molar-refractivity contribution < 1.29 is 28.5 Å². The fourth-order valence-corrected chi connectivity index (χ4v) is 3.55. The van der Waals surface area contributed by atoms with Crippen LogP contribution < -0.4 is 9.47 Å². The number of hydrogen-bond donors (Lipinski definition) is 0. The van der Waals surface area contributed by atoms with Crippen molar-refractivity contribution in [1.82, 2.24) is 4.90 Å². The van der Waals surface area contributed by atoms with Crippen LogP contribution in [0.3, 0.4) is 0 Å². The number of benzene rings is 1. The number of methoxy groups -OCH3 is 3. The molecule has 7 nitrogen and oxygen atoms in total. The minimum atomic E-state index is -0.547. The van der Waals surface area contributed by atoms with Crippen LogP contribution >= 0.6 is 0 Å². The summed E-state index contributed by atoms with van der Waals surface area (Å²) in [5, 5.41) is 0. The molecule has 3 rings (SSSR count). The summed E-state index contributed by atoms with van der Waals surface area (Å²) >= 11 is 0. The van der Waals surface area contributed by atoms with Crippen molar-refractivity contribution in [2.45, 2.75) is 25.9 Å². The highest BCUT2D eigenvalue weighted by Crippen LogP contribution is 2.35. The topological polar surface area (TPSA) is 74.3 Å². The Morgan fingerprint density at radius 1 is 1.29 bits per heavy atom. The second-order valence-corrected chi connectivity index (χ2v) is 6.67. The molecular formula is C21H25NO6. The summed E-state index contributed by atoms with van der Waals surface area (Å²) in [7, 11) is 4.42. The van der Waals surface area contributed by atoms with Gasteiger partial charge in [-0.05, 0) is 44.0 Å². The first-order chi connectivity index (χ1) is 13.5. The zero-order valence-electron chi connectivity index (χ0n) is 16.6. The largest absolute Gasteiger partial charge is 0.497 e. The zero-order chi connectivity index (χ0) is 20.3. The minimum absolute atomic E-state index is 0.0245. The summed E-state index contributed by atoms with van der Waals surface area (Å²) in [6.45, 7) is 2.86. The van der Waals surface area contributed by atoms with Crippen molar-refractivity contribution in [3.63, 3.8) is 0 Å². The molecule has 0 bridgehead atoms. The van der Waals surface area contributed by atoms with E-state index in [2.05, 4.69) is 0 Å². The average molecular weight is 387 g/mol. The van der Waals surface area contributed by atoms with Gasteiger partial charge >= 0.3 is 5.97 Å². The molecule has 7 heteroatoms. The smallest absolute Gasteiger partial charge is 0.340 e. The number of nitrogens with zero attached hydrogens (tertiary/aromatic N) is 1. The van der Waals surface area contributed by atoms with E-state index in [-0.39, 0.29) is 23.2 Å². The summed E-state index contributed by atoms with van der Waals surface area (Å²) in [5.74, 6) is 0.391. The van der Waals surface area contributed by atoms with E-state index in [9.17, 15) is 9.59 Å². The molecule has 0 aliphatic carbocycles. The number of carbonyl (C=O) groups excluding carboxylic acids is 2. The number of carbonyl (C=O) groups is 2. The normalized spacial score (nSPS) is 20.9. The summed E-state index contributed by atoms with van der Waals surface area (Å²) < 4.78 is 21.3. The molecule has 2 heterocycles. The van der Waals surface area contributed by atoms with E-state index in [1.54, 1.807) is 50.3 Å². The molecule has 1 fully saturated rings. The lowest BCUT2D eigenvalue weighted by atomic mass is 10.0. The number of hydrogen-bond acceptors (Lipinski definition) is 6. The Labute approximate surface area is 164 Å². The van der Waals surface area contributed by atoms with E-state index in [0.29, 0.717) is 35.9 Å². The van der Waals surface area contributed by atoms with E-state index in [0.717, 1.165) is 12.8 Å². The molecule has 0 radical (unpaired) electrons. The Morgan fingerprint density at radius 2 is 2.07 bits per heavy atom. The minimum Gasteiger partial charge on any atom is -0.497 e. The Balaban J connectivity index is 2.04. The van der Waals surface area contributed by atoms with Crippen LogP contribution in [-0.4, -0.2) is 57.4 Å². The second-order valence-electron chi connectivity index (χ2n) is 6.67. The molecule has 1 aromatic carbocycles. The molecule has 0 N–H and O–H groups in total. The van der Waals surface area contributed by atoms with Crippen molar-refractivity contribution in [1.29, 1.82) is 0 Å². The van der Waals surface area contributed by atoms with Crippen molar-refractivity contribution in [2.75, 3.05) is 34.5 Å². The number of ether oxygens (including phenoxy) is 4. The predicted octanol–water partition coefficient (Wildman–Crippen LogP) is 2.56.